The van der Waals surface area contributed by atoms with Crippen molar-refractivity contribution in [2.75, 3.05) is 38.7 Å². The Morgan fingerprint density at radius 3 is 2.92 bits per heavy atom. The van der Waals surface area contributed by atoms with E-state index in [4.69, 9.17) is 27.9 Å². The Kier molecular flexibility index (Phi) is 4.63. The lowest BCUT2D eigenvalue weighted by Crippen LogP contribution is -2.41. The van der Waals surface area contributed by atoms with Crippen LogP contribution in [0, 0.1) is 5.92 Å². The summed E-state index contributed by atoms with van der Waals surface area (Å²) in [5.41, 5.74) is 0.812. The third-order valence-corrected chi connectivity index (χ3v) is 6.50. The van der Waals surface area contributed by atoms with E-state index in [0.717, 1.165) is 12.0 Å². The zero-order valence-corrected chi connectivity index (χ0v) is 16.0. The van der Waals surface area contributed by atoms with Gasteiger partial charge in [-0.2, -0.15) is 0 Å². The molecule has 3 heterocycles. The molecule has 2 fully saturated rings. The monoisotopic (exact) mass is 397 g/mol. The van der Waals surface area contributed by atoms with Gasteiger partial charge < -0.3 is 20.3 Å². The Balaban J connectivity index is 1.53. The molecule has 0 aromatic heterocycles. The van der Waals surface area contributed by atoms with Crippen LogP contribution in [0.25, 0.3) is 0 Å². The van der Waals surface area contributed by atoms with Crippen LogP contribution >= 0.6 is 23.2 Å². The van der Waals surface area contributed by atoms with Gasteiger partial charge in [0.15, 0.2) is 0 Å². The number of hydrogen-bond acceptors (Lipinski definition) is 4. The molecular formula is C18H21Cl2N3O3. The van der Waals surface area contributed by atoms with Crippen molar-refractivity contribution in [2.45, 2.75) is 24.3 Å². The molecule has 1 unspecified atom stereocenters. The number of benzene rings is 1. The Morgan fingerprint density at radius 1 is 1.38 bits per heavy atom. The SMILES string of the molecule is COCC1C[C@H](C(=O)N2CC[C@]3(C2)C(=O)Nc2cc(Cl)c(Cl)cc23)CN1. The number of nitrogens with one attached hydrogen (secondary N) is 2. The Bertz CT molecular complexity index is 772. The highest BCUT2D eigenvalue weighted by Crippen LogP contribution is 2.47. The molecule has 1 aromatic rings. The zero-order chi connectivity index (χ0) is 18.5. The number of carbonyl (C=O) groups excluding carboxylic acids is 2. The first kappa shape index (κ1) is 18.0. The van der Waals surface area contributed by atoms with Crippen LogP contribution in [0.5, 0.6) is 0 Å². The number of methoxy groups -OCH3 is 1. The van der Waals surface area contributed by atoms with Gasteiger partial charge in [0.2, 0.25) is 11.8 Å². The number of ether oxygens (including phenoxy) is 1. The second-order valence-electron chi connectivity index (χ2n) is 7.35. The van der Waals surface area contributed by atoms with E-state index in [9.17, 15) is 9.59 Å². The summed E-state index contributed by atoms with van der Waals surface area (Å²) in [6, 6.07) is 3.66. The number of rotatable bonds is 3. The number of fused-ring (bicyclic) bond motifs is 2. The first-order chi connectivity index (χ1) is 12.4. The summed E-state index contributed by atoms with van der Waals surface area (Å²) in [6.45, 7) is 2.20. The maximum Gasteiger partial charge on any atom is 0.237 e. The van der Waals surface area contributed by atoms with Crippen LogP contribution in [-0.4, -0.2) is 56.1 Å². The first-order valence-corrected chi connectivity index (χ1v) is 9.52. The number of amides is 2. The summed E-state index contributed by atoms with van der Waals surface area (Å²) < 4.78 is 5.17. The van der Waals surface area contributed by atoms with E-state index in [1.807, 2.05) is 4.90 Å². The van der Waals surface area contributed by atoms with Gasteiger partial charge in [0.1, 0.15) is 0 Å². The molecule has 3 aliphatic heterocycles. The van der Waals surface area contributed by atoms with Crippen molar-refractivity contribution in [2.24, 2.45) is 5.92 Å². The van der Waals surface area contributed by atoms with Gasteiger partial charge in [-0.05, 0) is 30.5 Å². The second-order valence-corrected chi connectivity index (χ2v) is 8.17. The van der Waals surface area contributed by atoms with Crippen molar-refractivity contribution in [3.63, 3.8) is 0 Å². The Hall–Kier alpha value is -1.34. The number of nitrogens with zero attached hydrogens (tertiary/aromatic N) is 1. The number of likely N-dealkylation sites (tertiary alicyclic amines) is 1. The second kappa shape index (κ2) is 6.68. The molecule has 8 heteroatoms. The van der Waals surface area contributed by atoms with Crippen molar-refractivity contribution in [1.82, 2.24) is 10.2 Å². The van der Waals surface area contributed by atoms with Crippen LogP contribution in [0.2, 0.25) is 10.0 Å². The minimum Gasteiger partial charge on any atom is -0.383 e. The van der Waals surface area contributed by atoms with Crippen LogP contribution in [0.1, 0.15) is 18.4 Å². The molecule has 26 heavy (non-hydrogen) atoms. The highest BCUT2D eigenvalue weighted by Gasteiger charge is 2.53. The van der Waals surface area contributed by atoms with Crippen molar-refractivity contribution < 1.29 is 14.3 Å². The lowest BCUT2D eigenvalue weighted by molar-refractivity contribution is -0.134. The fourth-order valence-corrected chi connectivity index (χ4v) is 4.73. The highest BCUT2D eigenvalue weighted by molar-refractivity contribution is 6.42. The van der Waals surface area contributed by atoms with E-state index in [1.165, 1.54) is 0 Å². The van der Waals surface area contributed by atoms with Gasteiger partial charge in [-0.25, -0.2) is 0 Å². The predicted molar refractivity (Wildman–Crippen MR) is 99.7 cm³/mol. The highest BCUT2D eigenvalue weighted by atomic mass is 35.5. The van der Waals surface area contributed by atoms with E-state index in [1.54, 1.807) is 19.2 Å². The zero-order valence-electron chi connectivity index (χ0n) is 14.5. The molecule has 4 rings (SSSR count). The summed E-state index contributed by atoms with van der Waals surface area (Å²) in [5.74, 6) is -0.0414. The Labute approximate surface area is 162 Å². The van der Waals surface area contributed by atoms with Crippen LogP contribution in [0.3, 0.4) is 0 Å². The third kappa shape index (κ3) is 2.80. The van der Waals surface area contributed by atoms with Crippen molar-refractivity contribution in [3.8, 4) is 0 Å². The quantitative estimate of drug-likeness (QED) is 0.818. The van der Waals surface area contributed by atoms with Gasteiger partial charge in [-0.15, -0.1) is 0 Å². The maximum absolute atomic E-state index is 12.9. The van der Waals surface area contributed by atoms with E-state index >= 15 is 0 Å². The molecule has 3 atom stereocenters. The standard InChI is InChI=1S/C18H21Cl2N3O3/c1-26-8-11-4-10(7-21-11)16(24)23-3-2-18(9-23)12-5-13(19)14(20)6-15(12)22-17(18)25/h5-6,10-11,21H,2-4,7-9H2,1H3,(H,22,25)/t10-,11?,18+/m0/s1. The number of anilines is 1. The van der Waals surface area contributed by atoms with Gasteiger partial charge >= 0.3 is 0 Å². The van der Waals surface area contributed by atoms with Gasteiger partial charge in [-0.3, -0.25) is 9.59 Å². The summed E-state index contributed by atoms with van der Waals surface area (Å²) >= 11 is 12.3. The molecule has 2 saturated heterocycles. The summed E-state index contributed by atoms with van der Waals surface area (Å²) in [6.07, 6.45) is 1.36. The van der Waals surface area contributed by atoms with Crippen LogP contribution < -0.4 is 10.6 Å². The minimum absolute atomic E-state index is 0.0666. The van der Waals surface area contributed by atoms with Gasteiger partial charge in [-0.1, -0.05) is 23.2 Å². The Morgan fingerprint density at radius 2 is 2.15 bits per heavy atom. The third-order valence-electron chi connectivity index (χ3n) is 5.78. The molecule has 3 aliphatic rings. The molecule has 1 aromatic carbocycles. The lowest BCUT2D eigenvalue weighted by atomic mass is 9.81. The van der Waals surface area contributed by atoms with Crippen molar-refractivity contribution in [1.29, 1.82) is 0 Å². The van der Waals surface area contributed by atoms with Crippen LogP contribution in [-0.2, 0) is 19.7 Å². The molecule has 0 aliphatic carbocycles. The normalized spacial score (nSPS) is 30.1. The molecule has 0 saturated carbocycles. The molecule has 140 valence electrons. The van der Waals surface area contributed by atoms with Crippen molar-refractivity contribution in [3.05, 3.63) is 27.7 Å². The van der Waals surface area contributed by atoms with Gasteiger partial charge in [0.25, 0.3) is 0 Å². The predicted octanol–water partition coefficient (Wildman–Crippen LogP) is 2.04. The molecule has 0 radical (unpaired) electrons. The molecule has 0 bridgehead atoms. The van der Waals surface area contributed by atoms with Gasteiger partial charge in [0.05, 0.1) is 28.0 Å². The van der Waals surface area contributed by atoms with E-state index < -0.39 is 5.41 Å². The smallest absolute Gasteiger partial charge is 0.237 e. The van der Waals surface area contributed by atoms with Crippen LogP contribution in [0.15, 0.2) is 12.1 Å². The summed E-state index contributed by atoms with van der Waals surface area (Å²) in [5, 5.41) is 7.07. The van der Waals surface area contributed by atoms with E-state index in [-0.39, 0.29) is 23.8 Å². The molecule has 2 N–H and O–H groups in total. The van der Waals surface area contributed by atoms with Crippen LogP contribution in [0.4, 0.5) is 5.69 Å². The topological polar surface area (TPSA) is 70.7 Å². The largest absolute Gasteiger partial charge is 0.383 e. The van der Waals surface area contributed by atoms with E-state index in [2.05, 4.69) is 10.6 Å². The lowest BCUT2D eigenvalue weighted by Gasteiger charge is -2.24. The summed E-state index contributed by atoms with van der Waals surface area (Å²) in [4.78, 5) is 27.5. The average Bonchev–Trinajstić information content (AvgIpc) is 3.30. The summed E-state index contributed by atoms with van der Waals surface area (Å²) in [7, 11) is 1.66. The van der Waals surface area contributed by atoms with Crippen molar-refractivity contribution >= 4 is 40.7 Å². The molecule has 1 spiro atoms. The number of carbonyl (C=O) groups is 2. The molecular weight excluding hydrogens is 377 g/mol. The number of halogens is 2. The van der Waals surface area contributed by atoms with E-state index in [0.29, 0.717) is 48.4 Å². The number of hydrogen-bond donors (Lipinski definition) is 2. The molecule has 2 amide bonds. The molecule has 6 nitrogen and oxygen atoms in total. The minimum atomic E-state index is -0.725. The average molecular weight is 398 g/mol. The first-order valence-electron chi connectivity index (χ1n) is 8.76. The van der Waals surface area contributed by atoms with Gasteiger partial charge in [0, 0.05) is 38.5 Å². The maximum atomic E-state index is 12.9. The fourth-order valence-electron chi connectivity index (χ4n) is 4.41. The fraction of sp³-hybridized carbons (Fsp3) is 0.556.